The molecule has 1 fully saturated rings. The molecule has 22 heavy (non-hydrogen) atoms. The van der Waals surface area contributed by atoms with Gasteiger partial charge in [-0.25, -0.2) is 0 Å². The zero-order chi connectivity index (χ0) is 15.3. The van der Waals surface area contributed by atoms with Crippen LogP contribution in [-0.2, 0) is 6.42 Å². The van der Waals surface area contributed by atoms with E-state index in [1.54, 1.807) is 7.11 Å². The summed E-state index contributed by atoms with van der Waals surface area (Å²) in [5.41, 5.74) is 1.67. The van der Waals surface area contributed by atoms with Crippen LogP contribution in [0.5, 0.6) is 5.75 Å². The summed E-state index contributed by atoms with van der Waals surface area (Å²) in [7, 11) is 3.56. The number of rotatable bonds is 4. The van der Waals surface area contributed by atoms with E-state index in [1.165, 1.54) is 12.0 Å². The Morgan fingerprint density at radius 1 is 1.41 bits per heavy atom. The molecule has 0 bridgehead atoms. The van der Waals surface area contributed by atoms with Gasteiger partial charge in [-0.2, -0.15) is 0 Å². The number of nitrogens with one attached hydrogen (secondary N) is 1. The highest BCUT2D eigenvalue weighted by molar-refractivity contribution is 14.0. The predicted molar refractivity (Wildman–Crippen MR) is 103 cm³/mol. The minimum absolute atomic E-state index is 0. The second-order valence-corrected chi connectivity index (χ2v) is 6.41. The van der Waals surface area contributed by atoms with Crippen LogP contribution in [0.25, 0.3) is 0 Å². The zero-order valence-electron chi connectivity index (χ0n) is 14.1. The second kappa shape index (κ2) is 8.60. The van der Waals surface area contributed by atoms with Crippen LogP contribution in [0, 0.1) is 5.41 Å². The number of benzene rings is 1. The SMILES string of the molecule is CN=C(NCCc1cccc(OC)c1)N1CCC(C)(C)C1.I. The molecule has 0 saturated carbocycles. The largest absolute Gasteiger partial charge is 0.497 e. The van der Waals surface area contributed by atoms with Crippen molar-refractivity contribution in [3.63, 3.8) is 0 Å². The average Bonchev–Trinajstić information content (AvgIpc) is 2.84. The molecule has 0 atom stereocenters. The van der Waals surface area contributed by atoms with E-state index in [0.29, 0.717) is 5.41 Å². The van der Waals surface area contributed by atoms with Crippen molar-refractivity contribution in [2.75, 3.05) is 33.8 Å². The van der Waals surface area contributed by atoms with Gasteiger partial charge in [-0.05, 0) is 36.0 Å². The minimum Gasteiger partial charge on any atom is -0.497 e. The van der Waals surface area contributed by atoms with Crippen LogP contribution in [0.15, 0.2) is 29.3 Å². The van der Waals surface area contributed by atoms with Gasteiger partial charge in [0, 0.05) is 26.7 Å². The Kier molecular flexibility index (Phi) is 7.45. The summed E-state index contributed by atoms with van der Waals surface area (Å²) in [6.45, 7) is 7.68. The zero-order valence-corrected chi connectivity index (χ0v) is 16.4. The molecule has 2 rings (SSSR count). The molecule has 1 heterocycles. The fourth-order valence-corrected chi connectivity index (χ4v) is 2.77. The first-order valence-electron chi connectivity index (χ1n) is 7.62. The van der Waals surface area contributed by atoms with Gasteiger partial charge in [-0.15, -0.1) is 24.0 Å². The van der Waals surface area contributed by atoms with E-state index < -0.39 is 0 Å². The van der Waals surface area contributed by atoms with E-state index >= 15 is 0 Å². The molecule has 1 aromatic carbocycles. The van der Waals surface area contributed by atoms with Gasteiger partial charge >= 0.3 is 0 Å². The quantitative estimate of drug-likeness (QED) is 0.465. The van der Waals surface area contributed by atoms with Crippen molar-refractivity contribution in [2.24, 2.45) is 10.4 Å². The molecule has 124 valence electrons. The molecule has 0 amide bonds. The third-order valence-corrected chi connectivity index (χ3v) is 4.02. The van der Waals surface area contributed by atoms with Crippen molar-refractivity contribution in [1.29, 1.82) is 0 Å². The number of ether oxygens (including phenoxy) is 1. The molecule has 0 aliphatic carbocycles. The lowest BCUT2D eigenvalue weighted by Gasteiger charge is -2.23. The fraction of sp³-hybridized carbons (Fsp3) is 0.588. The molecule has 0 radical (unpaired) electrons. The van der Waals surface area contributed by atoms with Crippen molar-refractivity contribution < 1.29 is 4.74 Å². The topological polar surface area (TPSA) is 36.9 Å². The highest BCUT2D eigenvalue weighted by atomic mass is 127. The molecule has 0 spiro atoms. The Bertz CT molecular complexity index is 502. The number of halogens is 1. The van der Waals surface area contributed by atoms with Crippen molar-refractivity contribution in [2.45, 2.75) is 26.7 Å². The van der Waals surface area contributed by atoms with Crippen LogP contribution in [0.1, 0.15) is 25.8 Å². The average molecular weight is 417 g/mol. The number of likely N-dealkylation sites (tertiary alicyclic amines) is 1. The molecule has 1 aromatic rings. The first-order valence-corrected chi connectivity index (χ1v) is 7.62. The van der Waals surface area contributed by atoms with E-state index in [2.05, 4.69) is 41.2 Å². The van der Waals surface area contributed by atoms with Crippen LogP contribution in [0.3, 0.4) is 0 Å². The summed E-state index contributed by atoms with van der Waals surface area (Å²) in [4.78, 5) is 6.76. The number of guanidine groups is 1. The number of aliphatic imine (C=N–C) groups is 1. The van der Waals surface area contributed by atoms with E-state index in [-0.39, 0.29) is 24.0 Å². The van der Waals surface area contributed by atoms with Crippen LogP contribution < -0.4 is 10.1 Å². The Balaban J connectivity index is 0.00000242. The Morgan fingerprint density at radius 2 is 2.18 bits per heavy atom. The monoisotopic (exact) mass is 417 g/mol. The summed E-state index contributed by atoms with van der Waals surface area (Å²) >= 11 is 0. The van der Waals surface area contributed by atoms with E-state index in [4.69, 9.17) is 4.74 Å². The molecular weight excluding hydrogens is 389 g/mol. The molecule has 1 aliphatic rings. The fourth-order valence-electron chi connectivity index (χ4n) is 2.77. The van der Waals surface area contributed by atoms with Gasteiger partial charge < -0.3 is 15.0 Å². The van der Waals surface area contributed by atoms with Gasteiger partial charge in [-0.1, -0.05) is 26.0 Å². The molecule has 0 aromatic heterocycles. The van der Waals surface area contributed by atoms with Crippen LogP contribution >= 0.6 is 24.0 Å². The maximum absolute atomic E-state index is 5.26. The highest BCUT2D eigenvalue weighted by Crippen LogP contribution is 2.28. The van der Waals surface area contributed by atoms with Gasteiger partial charge in [0.05, 0.1) is 7.11 Å². The maximum Gasteiger partial charge on any atom is 0.193 e. The van der Waals surface area contributed by atoms with Crippen molar-refractivity contribution in [1.82, 2.24) is 10.2 Å². The minimum atomic E-state index is 0. The van der Waals surface area contributed by atoms with Gasteiger partial charge in [-0.3, -0.25) is 4.99 Å². The smallest absolute Gasteiger partial charge is 0.193 e. The summed E-state index contributed by atoms with van der Waals surface area (Å²) < 4.78 is 5.26. The lowest BCUT2D eigenvalue weighted by molar-refractivity contribution is 0.370. The lowest BCUT2D eigenvalue weighted by Crippen LogP contribution is -2.41. The van der Waals surface area contributed by atoms with Gasteiger partial charge in [0.1, 0.15) is 5.75 Å². The summed E-state index contributed by atoms with van der Waals surface area (Å²) in [6.07, 6.45) is 2.19. The van der Waals surface area contributed by atoms with Gasteiger partial charge in [0.15, 0.2) is 5.96 Å². The van der Waals surface area contributed by atoms with E-state index in [1.807, 2.05) is 19.2 Å². The Morgan fingerprint density at radius 3 is 2.77 bits per heavy atom. The molecule has 5 heteroatoms. The Labute approximate surface area is 151 Å². The standard InChI is InChI=1S/C17H27N3O.HI/c1-17(2)9-11-20(13-17)16(18-3)19-10-8-14-6-5-7-15(12-14)21-4;/h5-7,12H,8-11,13H2,1-4H3,(H,18,19);1H. The molecule has 1 saturated heterocycles. The first kappa shape index (κ1) is 19.1. The summed E-state index contributed by atoms with van der Waals surface area (Å²) in [5, 5.41) is 3.47. The van der Waals surface area contributed by atoms with Gasteiger partial charge in [0.2, 0.25) is 0 Å². The highest BCUT2D eigenvalue weighted by Gasteiger charge is 2.30. The molecule has 0 unspecified atom stereocenters. The second-order valence-electron chi connectivity index (χ2n) is 6.41. The van der Waals surface area contributed by atoms with Gasteiger partial charge in [0.25, 0.3) is 0 Å². The van der Waals surface area contributed by atoms with Crippen LogP contribution in [-0.4, -0.2) is 44.7 Å². The number of nitrogens with zero attached hydrogens (tertiary/aromatic N) is 2. The van der Waals surface area contributed by atoms with Crippen molar-refractivity contribution in [3.8, 4) is 5.75 Å². The third kappa shape index (κ3) is 5.34. The van der Waals surface area contributed by atoms with Crippen LogP contribution in [0.4, 0.5) is 0 Å². The molecular formula is C17H28IN3O. The predicted octanol–water partition coefficient (Wildman–Crippen LogP) is 3.16. The summed E-state index contributed by atoms with van der Waals surface area (Å²) in [5.74, 6) is 1.93. The number of hydrogen-bond donors (Lipinski definition) is 1. The van der Waals surface area contributed by atoms with E-state index in [0.717, 1.165) is 37.8 Å². The maximum atomic E-state index is 5.26. The lowest BCUT2D eigenvalue weighted by atomic mass is 9.93. The van der Waals surface area contributed by atoms with Crippen molar-refractivity contribution in [3.05, 3.63) is 29.8 Å². The summed E-state index contributed by atoms with van der Waals surface area (Å²) in [6, 6.07) is 8.23. The molecule has 4 nitrogen and oxygen atoms in total. The molecule has 1 aliphatic heterocycles. The normalized spacial score (nSPS) is 17.1. The number of hydrogen-bond acceptors (Lipinski definition) is 2. The van der Waals surface area contributed by atoms with Crippen molar-refractivity contribution >= 4 is 29.9 Å². The molecule has 1 N–H and O–H groups in total. The van der Waals surface area contributed by atoms with E-state index in [9.17, 15) is 0 Å². The first-order chi connectivity index (χ1) is 10.0. The van der Waals surface area contributed by atoms with Crippen LogP contribution in [0.2, 0.25) is 0 Å². The Hall–Kier alpha value is -0.980. The third-order valence-electron chi connectivity index (χ3n) is 4.02. The number of methoxy groups -OCH3 is 1.